The van der Waals surface area contributed by atoms with E-state index in [0.29, 0.717) is 6.42 Å². The summed E-state index contributed by atoms with van der Waals surface area (Å²) in [6.07, 6.45) is 1.54. The van der Waals surface area contributed by atoms with E-state index >= 15 is 0 Å². The lowest BCUT2D eigenvalue weighted by Crippen LogP contribution is -2.51. The van der Waals surface area contributed by atoms with Gasteiger partial charge in [-0.05, 0) is 49.9 Å². The van der Waals surface area contributed by atoms with Gasteiger partial charge in [-0.3, -0.25) is 9.59 Å². The third-order valence-corrected chi connectivity index (χ3v) is 5.09. The van der Waals surface area contributed by atoms with Crippen LogP contribution in [0, 0.1) is 12.7 Å². The van der Waals surface area contributed by atoms with E-state index in [0.717, 1.165) is 23.1 Å². The Morgan fingerprint density at radius 1 is 1.03 bits per heavy atom. The van der Waals surface area contributed by atoms with E-state index in [1.165, 1.54) is 12.1 Å². The van der Waals surface area contributed by atoms with Gasteiger partial charge in [0.2, 0.25) is 11.8 Å². The highest BCUT2D eigenvalue weighted by atomic mass is 19.1. The fourth-order valence-electron chi connectivity index (χ4n) is 3.25. The molecule has 156 valence electrons. The number of hydrogen-bond donors (Lipinski definition) is 1. The molecule has 0 heterocycles. The van der Waals surface area contributed by atoms with Crippen LogP contribution in [0.25, 0.3) is 0 Å². The van der Waals surface area contributed by atoms with Crippen LogP contribution < -0.4 is 5.32 Å². The molecule has 0 aliphatic heterocycles. The minimum Gasteiger partial charge on any atom is -0.352 e. The standard InChI is InChI=1S/C24H31FN2O2/c1-5-18(4)26-24(29)22(6-2)27(16-19-10-12-21(25)13-11-19)23(28)15-20-9-7-8-17(3)14-20/h7-14,18,22H,5-6,15-16H2,1-4H3,(H,26,29)/t18-,22-/m0/s1. The highest BCUT2D eigenvalue weighted by molar-refractivity contribution is 5.88. The first-order valence-electron chi connectivity index (χ1n) is 10.2. The molecule has 2 atom stereocenters. The molecule has 0 spiro atoms. The molecule has 4 nitrogen and oxygen atoms in total. The molecular weight excluding hydrogens is 367 g/mol. The second kappa shape index (κ2) is 10.7. The zero-order valence-electron chi connectivity index (χ0n) is 17.7. The van der Waals surface area contributed by atoms with Crippen molar-refractivity contribution in [2.45, 2.75) is 65.6 Å². The van der Waals surface area contributed by atoms with E-state index in [9.17, 15) is 14.0 Å². The molecular formula is C24H31FN2O2. The van der Waals surface area contributed by atoms with Gasteiger partial charge in [-0.1, -0.05) is 55.8 Å². The Bertz CT molecular complexity index is 820. The zero-order chi connectivity index (χ0) is 21.4. The molecule has 0 radical (unpaired) electrons. The van der Waals surface area contributed by atoms with Crippen LogP contribution in [0.5, 0.6) is 0 Å². The molecule has 2 rings (SSSR count). The number of amides is 2. The van der Waals surface area contributed by atoms with Crippen molar-refractivity contribution < 1.29 is 14.0 Å². The fraction of sp³-hybridized carbons (Fsp3) is 0.417. The molecule has 5 heteroatoms. The summed E-state index contributed by atoms with van der Waals surface area (Å²) < 4.78 is 13.3. The second-order valence-corrected chi connectivity index (χ2v) is 7.56. The summed E-state index contributed by atoms with van der Waals surface area (Å²) in [4.78, 5) is 27.7. The molecule has 0 fully saturated rings. The van der Waals surface area contributed by atoms with Crippen LogP contribution in [0.15, 0.2) is 48.5 Å². The number of aryl methyl sites for hydroxylation is 1. The van der Waals surface area contributed by atoms with Gasteiger partial charge in [0.1, 0.15) is 11.9 Å². The van der Waals surface area contributed by atoms with Gasteiger partial charge < -0.3 is 10.2 Å². The van der Waals surface area contributed by atoms with Crippen LogP contribution in [-0.2, 0) is 22.6 Å². The largest absolute Gasteiger partial charge is 0.352 e. The summed E-state index contributed by atoms with van der Waals surface area (Å²) in [7, 11) is 0. The van der Waals surface area contributed by atoms with E-state index in [1.807, 2.05) is 52.0 Å². The predicted molar refractivity (Wildman–Crippen MR) is 114 cm³/mol. The molecule has 0 saturated carbocycles. The van der Waals surface area contributed by atoms with Crippen LogP contribution in [0.2, 0.25) is 0 Å². The molecule has 1 N–H and O–H groups in total. The van der Waals surface area contributed by atoms with Crippen molar-refractivity contribution in [3.05, 3.63) is 71.0 Å². The Balaban J connectivity index is 2.28. The van der Waals surface area contributed by atoms with Gasteiger partial charge in [0.25, 0.3) is 0 Å². The topological polar surface area (TPSA) is 49.4 Å². The maximum Gasteiger partial charge on any atom is 0.243 e. The Hall–Kier alpha value is -2.69. The summed E-state index contributed by atoms with van der Waals surface area (Å²) in [5.74, 6) is -0.597. The van der Waals surface area contributed by atoms with Crippen molar-refractivity contribution in [1.29, 1.82) is 0 Å². The Kier molecular flexibility index (Phi) is 8.37. The number of hydrogen-bond acceptors (Lipinski definition) is 2. The smallest absolute Gasteiger partial charge is 0.243 e. The lowest BCUT2D eigenvalue weighted by atomic mass is 10.0. The van der Waals surface area contributed by atoms with Gasteiger partial charge in [0, 0.05) is 12.6 Å². The maximum atomic E-state index is 13.3. The third kappa shape index (κ3) is 6.70. The molecule has 0 unspecified atom stereocenters. The number of nitrogens with zero attached hydrogens (tertiary/aromatic N) is 1. The lowest BCUT2D eigenvalue weighted by molar-refractivity contribution is -0.141. The highest BCUT2D eigenvalue weighted by Gasteiger charge is 2.29. The average molecular weight is 399 g/mol. The molecule has 0 bridgehead atoms. The van der Waals surface area contributed by atoms with E-state index < -0.39 is 6.04 Å². The number of carbonyl (C=O) groups is 2. The van der Waals surface area contributed by atoms with Crippen molar-refractivity contribution in [3.8, 4) is 0 Å². The van der Waals surface area contributed by atoms with Gasteiger partial charge in [-0.2, -0.15) is 0 Å². The number of rotatable bonds is 9. The van der Waals surface area contributed by atoms with Crippen LogP contribution >= 0.6 is 0 Å². The SMILES string of the molecule is CC[C@H](C)NC(=O)[C@H](CC)N(Cc1ccc(F)cc1)C(=O)Cc1cccc(C)c1. The first kappa shape index (κ1) is 22.6. The minimum atomic E-state index is -0.577. The molecule has 0 aliphatic carbocycles. The summed E-state index contributed by atoms with van der Waals surface area (Å²) in [6.45, 7) is 8.10. The number of benzene rings is 2. The van der Waals surface area contributed by atoms with Gasteiger partial charge in [0.05, 0.1) is 6.42 Å². The third-order valence-electron chi connectivity index (χ3n) is 5.09. The first-order valence-corrected chi connectivity index (χ1v) is 10.2. The summed E-state index contributed by atoms with van der Waals surface area (Å²) in [6, 6.07) is 13.3. The molecule has 2 amide bonds. The summed E-state index contributed by atoms with van der Waals surface area (Å²) >= 11 is 0. The molecule has 29 heavy (non-hydrogen) atoms. The molecule has 0 aromatic heterocycles. The molecule has 0 aliphatic rings. The fourth-order valence-corrected chi connectivity index (χ4v) is 3.25. The normalized spacial score (nSPS) is 12.9. The molecule has 2 aromatic rings. The van der Waals surface area contributed by atoms with Gasteiger partial charge in [0.15, 0.2) is 0 Å². The van der Waals surface area contributed by atoms with Crippen LogP contribution in [-0.4, -0.2) is 28.8 Å². The van der Waals surface area contributed by atoms with Crippen molar-refractivity contribution >= 4 is 11.8 Å². The van der Waals surface area contributed by atoms with E-state index in [4.69, 9.17) is 0 Å². The Morgan fingerprint density at radius 3 is 2.31 bits per heavy atom. The van der Waals surface area contributed by atoms with Crippen LogP contribution in [0.3, 0.4) is 0 Å². The highest BCUT2D eigenvalue weighted by Crippen LogP contribution is 2.16. The second-order valence-electron chi connectivity index (χ2n) is 7.56. The van der Waals surface area contributed by atoms with E-state index in [1.54, 1.807) is 17.0 Å². The number of carbonyl (C=O) groups excluding carboxylic acids is 2. The van der Waals surface area contributed by atoms with Gasteiger partial charge in [-0.25, -0.2) is 4.39 Å². The zero-order valence-corrected chi connectivity index (χ0v) is 17.7. The number of halogens is 1. The van der Waals surface area contributed by atoms with Gasteiger partial charge >= 0.3 is 0 Å². The summed E-state index contributed by atoms with van der Waals surface area (Å²) in [5, 5.41) is 2.99. The quantitative estimate of drug-likeness (QED) is 0.681. The van der Waals surface area contributed by atoms with Crippen molar-refractivity contribution in [1.82, 2.24) is 10.2 Å². The first-order chi connectivity index (χ1) is 13.8. The van der Waals surface area contributed by atoms with Crippen molar-refractivity contribution in [2.75, 3.05) is 0 Å². The van der Waals surface area contributed by atoms with Crippen molar-refractivity contribution in [3.63, 3.8) is 0 Å². The van der Waals surface area contributed by atoms with Crippen LogP contribution in [0.4, 0.5) is 4.39 Å². The van der Waals surface area contributed by atoms with Crippen molar-refractivity contribution in [2.24, 2.45) is 0 Å². The van der Waals surface area contributed by atoms with Crippen LogP contribution in [0.1, 0.15) is 50.3 Å². The lowest BCUT2D eigenvalue weighted by Gasteiger charge is -2.31. The Labute approximate surface area is 173 Å². The number of nitrogens with one attached hydrogen (secondary N) is 1. The van der Waals surface area contributed by atoms with Gasteiger partial charge in [-0.15, -0.1) is 0 Å². The molecule has 2 aromatic carbocycles. The predicted octanol–water partition coefficient (Wildman–Crippen LogP) is 4.40. The monoisotopic (exact) mass is 398 g/mol. The minimum absolute atomic E-state index is 0.0381. The molecule has 0 saturated heterocycles. The maximum absolute atomic E-state index is 13.3. The Morgan fingerprint density at radius 2 is 1.72 bits per heavy atom. The average Bonchev–Trinajstić information content (AvgIpc) is 2.69. The van der Waals surface area contributed by atoms with E-state index in [2.05, 4.69) is 5.32 Å². The summed E-state index contributed by atoms with van der Waals surface area (Å²) in [5.41, 5.74) is 2.79. The van der Waals surface area contributed by atoms with E-state index in [-0.39, 0.29) is 36.6 Å².